The lowest BCUT2D eigenvalue weighted by Crippen LogP contribution is -2.15. The summed E-state index contributed by atoms with van der Waals surface area (Å²) in [6.07, 6.45) is 4.60. The summed E-state index contributed by atoms with van der Waals surface area (Å²) in [4.78, 5) is 8.43. The second-order valence-electron chi connectivity index (χ2n) is 4.76. The summed E-state index contributed by atoms with van der Waals surface area (Å²) in [5, 5.41) is 0. The second-order valence-corrected chi connectivity index (χ2v) is 4.76. The Balaban J connectivity index is 2.25. The molecule has 0 saturated heterocycles. The smallest absolute Gasteiger partial charge is 0.187 e. The van der Waals surface area contributed by atoms with Gasteiger partial charge in [0, 0.05) is 5.92 Å². The molecule has 0 aliphatic heterocycles. The van der Waals surface area contributed by atoms with Gasteiger partial charge in [-0.2, -0.15) is 0 Å². The minimum atomic E-state index is -0.457. The van der Waals surface area contributed by atoms with Gasteiger partial charge in [-0.3, -0.25) is 0 Å². The predicted molar refractivity (Wildman–Crippen MR) is 64.9 cm³/mol. The molecule has 1 fully saturated rings. The normalized spacial score (nSPS) is 24.0. The SMILES string of the molecule is CCC1CCC(c2nc(C)c(F)c(NN)n2)C1. The molecule has 2 unspecified atom stereocenters. The fourth-order valence-corrected chi connectivity index (χ4v) is 2.54. The zero-order chi connectivity index (χ0) is 12.4. The molecule has 0 aromatic carbocycles. The van der Waals surface area contributed by atoms with E-state index in [0.717, 1.165) is 24.6 Å². The lowest BCUT2D eigenvalue weighted by atomic mass is 10.0. The number of nitrogens with zero attached hydrogens (tertiary/aromatic N) is 2. The van der Waals surface area contributed by atoms with E-state index in [-0.39, 0.29) is 5.82 Å². The first-order valence-corrected chi connectivity index (χ1v) is 6.16. The van der Waals surface area contributed by atoms with E-state index in [2.05, 4.69) is 22.3 Å². The summed E-state index contributed by atoms with van der Waals surface area (Å²) < 4.78 is 13.5. The molecule has 3 N–H and O–H groups in total. The minimum absolute atomic E-state index is 0.104. The number of halogens is 1. The highest BCUT2D eigenvalue weighted by Crippen LogP contribution is 2.38. The molecule has 0 spiro atoms. The van der Waals surface area contributed by atoms with Gasteiger partial charge in [0.2, 0.25) is 0 Å². The maximum atomic E-state index is 13.5. The molecule has 0 amide bonds. The second kappa shape index (κ2) is 4.96. The van der Waals surface area contributed by atoms with Crippen LogP contribution in [0, 0.1) is 18.7 Å². The van der Waals surface area contributed by atoms with Gasteiger partial charge in [0.05, 0.1) is 5.69 Å². The Bertz CT molecular complexity index is 408. The number of hydrazine groups is 1. The number of hydrogen-bond acceptors (Lipinski definition) is 4. The summed E-state index contributed by atoms with van der Waals surface area (Å²) in [6.45, 7) is 3.85. The molecule has 0 bridgehead atoms. The van der Waals surface area contributed by atoms with Crippen molar-refractivity contribution in [3.05, 3.63) is 17.3 Å². The van der Waals surface area contributed by atoms with E-state index < -0.39 is 5.82 Å². The van der Waals surface area contributed by atoms with Crippen LogP contribution in [0.3, 0.4) is 0 Å². The molecule has 1 aliphatic carbocycles. The third-order valence-electron chi connectivity index (χ3n) is 3.65. The molecule has 1 saturated carbocycles. The lowest BCUT2D eigenvalue weighted by Gasteiger charge is -2.12. The van der Waals surface area contributed by atoms with Gasteiger partial charge in [-0.25, -0.2) is 20.2 Å². The largest absolute Gasteiger partial charge is 0.306 e. The van der Waals surface area contributed by atoms with Gasteiger partial charge < -0.3 is 5.43 Å². The minimum Gasteiger partial charge on any atom is -0.306 e. The molecule has 1 aliphatic rings. The molecule has 2 rings (SSSR count). The Morgan fingerprint density at radius 2 is 2.18 bits per heavy atom. The topological polar surface area (TPSA) is 63.8 Å². The van der Waals surface area contributed by atoms with Crippen LogP contribution in [-0.2, 0) is 0 Å². The van der Waals surface area contributed by atoms with Gasteiger partial charge in [0.15, 0.2) is 11.6 Å². The molecule has 1 aromatic rings. The number of aromatic nitrogens is 2. The van der Waals surface area contributed by atoms with Crippen LogP contribution in [0.2, 0.25) is 0 Å². The monoisotopic (exact) mass is 238 g/mol. The molecule has 17 heavy (non-hydrogen) atoms. The molecule has 94 valence electrons. The Hall–Kier alpha value is -1.23. The number of hydrogen-bond donors (Lipinski definition) is 2. The lowest BCUT2D eigenvalue weighted by molar-refractivity contribution is 0.514. The highest BCUT2D eigenvalue weighted by Gasteiger charge is 2.27. The van der Waals surface area contributed by atoms with Gasteiger partial charge in [-0.05, 0) is 32.1 Å². The van der Waals surface area contributed by atoms with Crippen molar-refractivity contribution in [1.82, 2.24) is 9.97 Å². The van der Waals surface area contributed by atoms with E-state index in [1.165, 1.54) is 12.8 Å². The average molecular weight is 238 g/mol. The van der Waals surface area contributed by atoms with Gasteiger partial charge in [0.1, 0.15) is 5.82 Å². The van der Waals surface area contributed by atoms with E-state index in [0.29, 0.717) is 11.6 Å². The Morgan fingerprint density at radius 3 is 2.76 bits per heavy atom. The number of nitrogen functional groups attached to an aromatic ring is 1. The number of nitrogens with two attached hydrogens (primary N) is 1. The third-order valence-corrected chi connectivity index (χ3v) is 3.65. The first kappa shape index (κ1) is 12.2. The number of aryl methyl sites for hydroxylation is 1. The van der Waals surface area contributed by atoms with Crippen LogP contribution < -0.4 is 11.3 Å². The first-order chi connectivity index (χ1) is 8.15. The van der Waals surface area contributed by atoms with Gasteiger partial charge in [-0.1, -0.05) is 13.3 Å². The summed E-state index contributed by atoms with van der Waals surface area (Å²) in [7, 11) is 0. The van der Waals surface area contributed by atoms with Gasteiger partial charge >= 0.3 is 0 Å². The summed E-state index contributed by atoms with van der Waals surface area (Å²) in [5.41, 5.74) is 2.66. The predicted octanol–water partition coefficient (Wildman–Crippen LogP) is 2.50. The summed E-state index contributed by atoms with van der Waals surface area (Å²) >= 11 is 0. The number of nitrogens with one attached hydrogen (secondary N) is 1. The van der Waals surface area contributed by atoms with Crippen LogP contribution in [0.5, 0.6) is 0 Å². The maximum absolute atomic E-state index is 13.5. The first-order valence-electron chi connectivity index (χ1n) is 6.16. The van der Waals surface area contributed by atoms with Crippen LogP contribution in [0.4, 0.5) is 10.2 Å². The van der Waals surface area contributed by atoms with Crippen LogP contribution in [0.1, 0.15) is 50.0 Å². The Labute approximate surface area is 101 Å². The van der Waals surface area contributed by atoms with Gasteiger partial charge in [-0.15, -0.1) is 0 Å². The van der Waals surface area contributed by atoms with E-state index in [1.54, 1.807) is 6.92 Å². The van der Waals surface area contributed by atoms with Crippen molar-refractivity contribution in [1.29, 1.82) is 0 Å². The maximum Gasteiger partial charge on any atom is 0.187 e. The van der Waals surface area contributed by atoms with Crippen molar-refractivity contribution in [2.45, 2.75) is 45.4 Å². The highest BCUT2D eigenvalue weighted by molar-refractivity contribution is 5.37. The molecule has 0 radical (unpaired) electrons. The van der Waals surface area contributed by atoms with Crippen molar-refractivity contribution in [3.63, 3.8) is 0 Å². The molecular weight excluding hydrogens is 219 g/mol. The van der Waals surface area contributed by atoms with Crippen LogP contribution in [0.15, 0.2) is 0 Å². The molecule has 4 nitrogen and oxygen atoms in total. The number of rotatable bonds is 3. The molecule has 5 heteroatoms. The highest BCUT2D eigenvalue weighted by atomic mass is 19.1. The summed E-state index contributed by atoms with van der Waals surface area (Å²) in [6, 6.07) is 0. The van der Waals surface area contributed by atoms with Crippen molar-refractivity contribution >= 4 is 5.82 Å². The molecule has 1 aromatic heterocycles. The van der Waals surface area contributed by atoms with Crippen molar-refractivity contribution in [3.8, 4) is 0 Å². The Kier molecular flexibility index (Phi) is 3.57. The van der Waals surface area contributed by atoms with Crippen LogP contribution in [-0.4, -0.2) is 9.97 Å². The van der Waals surface area contributed by atoms with Crippen molar-refractivity contribution < 1.29 is 4.39 Å². The van der Waals surface area contributed by atoms with E-state index in [4.69, 9.17) is 5.84 Å². The third kappa shape index (κ3) is 2.39. The van der Waals surface area contributed by atoms with Crippen LogP contribution >= 0.6 is 0 Å². The Morgan fingerprint density at radius 1 is 1.41 bits per heavy atom. The standard InChI is InChI=1S/C12H19FN4/c1-3-8-4-5-9(6-8)11-15-7(2)10(13)12(16-11)17-14/h8-9H,3-6,14H2,1-2H3,(H,15,16,17). The number of anilines is 1. The molecule has 1 heterocycles. The van der Waals surface area contributed by atoms with Crippen molar-refractivity contribution in [2.75, 3.05) is 5.43 Å². The molecular formula is C12H19FN4. The van der Waals surface area contributed by atoms with E-state index >= 15 is 0 Å². The zero-order valence-electron chi connectivity index (χ0n) is 10.3. The summed E-state index contributed by atoms with van der Waals surface area (Å²) in [5.74, 6) is 6.74. The molecule has 2 atom stereocenters. The van der Waals surface area contributed by atoms with Crippen LogP contribution in [0.25, 0.3) is 0 Å². The fourth-order valence-electron chi connectivity index (χ4n) is 2.54. The van der Waals surface area contributed by atoms with E-state index in [9.17, 15) is 4.39 Å². The van der Waals surface area contributed by atoms with Gasteiger partial charge in [0.25, 0.3) is 0 Å². The van der Waals surface area contributed by atoms with Crippen molar-refractivity contribution in [2.24, 2.45) is 11.8 Å². The van der Waals surface area contributed by atoms with E-state index in [1.807, 2.05) is 0 Å². The average Bonchev–Trinajstić information content (AvgIpc) is 2.81. The zero-order valence-corrected chi connectivity index (χ0v) is 10.3. The quantitative estimate of drug-likeness (QED) is 0.627. The fraction of sp³-hybridized carbons (Fsp3) is 0.667.